The summed E-state index contributed by atoms with van der Waals surface area (Å²) < 4.78 is 0. The third kappa shape index (κ3) is 3.59. The van der Waals surface area contributed by atoms with Crippen LogP contribution in [0.5, 0.6) is 0 Å². The van der Waals surface area contributed by atoms with E-state index < -0.39 is 0 Å². The minimum absolute atomic E-state index is 0. The fourth-order valence-electron chi connectivity index (χ4n) is 4.57. The Bertz CT molecular complexity index is 517. The lowest BCUT2D eigenvalue weighted by Gasteiger charge is -2.44. The minimum atomic E-state index is 0. The standard InChI is InChI=1S/C18H26N2OS.ClH/c19-17-12-3-1-4-13(17)10-14(9-12)18(21)20(15-6-7-15)11-16-5-2-8-22-16;/h2,5,8,12-15,17H,1,3-4,6-7,9-11,19H2;1H. The molecule has 1 aromatic heterocycles. The van der Waals surface area contributed by atoms with E-state index in [0.29, 0.717) is 29.8 Å². The molecule has 0 aliphatic heterocycles. The molecule has 2 bridgehead atoms. The summed E-state index contributed by atoms with van der Waals surface area (Å²) in [6, 6.07) is 5.09. The lowest BCUT2D eigenvalue weighted by Crippen LogP contribution is -2.50. The molecule has 4 rings (SSSR count). The summed E-state index contributed by atoms with van der Waals surface area (Å²) in [5.41, 5.74) is 6.38. The van der Waals surface area contributed by atoms with Crippen molar-refractivity contribution >= 4 is 29.7 Å². The number of thiophene rings is 1. The second-order valence-electron chi connectivity index (χ2n) is 7.47. The number of nitrogens with two attached hydrogens (primary N) is 1. The summed E-state index contributed by atoms with van der Waals surface area (Å²) in [7, 11) is 0. The topological polar surface area (TPSA) is 46.3 Å². The Morgan fingerprint density at radius 2 is 1.91 bits per heavy atom. The molecule has 128 valence electrons. The Kier molecular flexibility index (Phi) is 5.34. The van der Waals surface area contributed by atoms with Gasteiger partial charge in [0, 0.05) is 22.9 Å². The quantitative estimate of drug-likeness (QED) is 0.893. The molecule has 3 fully saturated rings. The molecule has 1 heterocycles. The highest BCUT2D eigenvalue weighted by atomic mass is 35.5. The van der Waals surface area contributed by atoms with Gasteiger partial charge in [0.1, 0.15) is 0 Å². The summed E-state index contributed by atoms with van der Waals surface area (Å²) in [6.07, 6.45) is 8.22. The van der Waals surface area contributed by atoms with Gasteiger partial charge in [0.2, 0.25) is 5.91 Å². The van der Waals surface area contributed by atoms with Crippen molar-refractivity contribution in [1.82, 2.24) is 4.90 Å². The highest BCUT2D eigenvalue weighted by Gasteiger charge is 2.43. The van der Waals surface area contributed by atoms with Crippen LogP contribution in [-0.4, -0.2) is 22.9 Å². The molecule has 2 atom stereocenters. The van der Waals surface area contributed by atoms with Crippen LogP contribution in [0, 0.1) is 17.8 Å². The predicted octanol–water partition coefficient (Wildman–Crippen LogP) is 3.81. The molecule has 3 nitrogen and oxygen atoms in total. The number of hydrogen-bond donors (Lipinski definition) is 1. The highest BCUT2D eigenvalue weighted by Crippen LogP contribution is 2.43. The first-order valence-electron chi connectivity index (χ1n) is 8.81. The Labute approximate surface area is 149 Å². The van der Waals surface area contributed by atoms with Gasteiger partial charge < -0.3 is 10.6 Å². The molecule has 0 spiro atoms. The molecule has 5 heteroatoms. The zero-order valence-corrected chi connectivity index (χ0v) is 15.2. The zero-order valence-electron chi connectivity index (χ0n) is 13.5. The molecule has 2 N–H and O–H groups in total. The van der Waals surface area contributed by atoms with E-state index in [1.807, 2.05) is 0 Å². The van der Waals surface area contributed by atoms with E-state index in [-0.39, 0.29) is 18.3 Å². The first-order valence-corrected chi connectivity index (χ1v) is 9.69. The SMILES string of the molecule is Cl.NC1C2CCCC1CC(C(=O)N(Cc1cccs1)C1CC1)C2. The summed E-state index contributed by atoms with van der Waals surface area (Å²) in [6.45, 7) is 0.819. The van der Waals surface area contributed by atoms with Crippen molar-refractivity contribution in [3.63, 3.8) is 0 Å². The van der Waals surface area contributed by atoms with Crippen LogP contribution in [0.25, 0.3) is 0 Å². The van der Waals surface area contributed by atoms with Gasteiger partial charge >= 0.3 is 0 Å². The van der Waals surface area contributed by atoms with Crippen LogP contribution < -0.4 is 5.73 Å². The van der Waals surface area contributed by atoms with Crippen molar-refractivity contribution in [3.8, 4) is 0 Å². The molecule has 1 aromatic rings. The van der Waals surface area contributed by atoms with Crippen molar-refractivity contribution in [3.05, 3.63) is 22.4 Å². The Hall–Kier alpha value is -0.580. The molecule has 23 heavy (non-hydrogen) atoms. The summed E-state index contributed by atoms with van der Waals surface area (Å²) >= 11 is 1.76. The summed E-state index contributed by atoms with van der Waals surface area (Å²) in [5, 5.41) is 2.11. The predicted molar refractivity (Wildman–Crippen MR) is 96.7 cm³/mol. The Morgan fingerprint density at radius 3 is 2.48 bits per heavy atom. The van der Waals surface area contributed by atoms with Gasteiger partial charge in [0.25, 0.3) is 0 Å². The molecule has 0 saturated heterocycles. The van der Waals surface area contributed by atoms with Crippen molar-refractivity contribution in [2.45, 2.75) is 63.6 Å². The highest BCUT2D eigenvalue weighted by molar-refractivity contribution is 7.09. The number of carbonyl (C=O) groups excluding carboxylic acids is 1. The number of halogens is 1. The second kappa shape index (κ2) is 7.12. The van der Waals surface area contributed by atoms with E-state index in [1.54, 1.807) is 11.3 Å². The molecule has 0 radical (unpaired) electrons. The third-order valence-corrected chi connectivity index (χ3v) is 6.80. The first-order chi connectivity index (χ1) is 10.7. The number of amides is 1. The van der Waals surface area contributed by atoms with E-state index >= 15 is 0 Å². The van der Waals surface area contributed by atoms with E-state index in [0.717, 1.165) is 19.4 Å². The maximum Gasteiger partial charge on any atom is 0.226 e. The largest absolute Gasteiger partial charge is 0.334 e. The monoisotopic (exact) mass is 354 g/mol. The van der Waals surface area contributed by atoms with Crippen molar-refractivity contribution in [2.75, 3.05) is 0 Å². The second-order valence-corrected chi connectivity index (χ2v) is 8.51. The molecular formula is C18H27ClN2OS. The Balaban J connectivity index is 0.00000156. The van der Waals surface area contributed by atoms with Crippen LogP contribution in [0.15, 0.2) is 17.5 Å². The van der Waals surface area contributed by atoms with Crippen LogP contribution >= 0.6 is 23.7 Å². The van der Waals surface area contributed by atoms with Crippen molar-refractivity contribution in [2.24, 2.45) is 23.5 Å². The molecular weight excluding hydrogens is 328 g/mol. The number of carbonyl (C=O) groups is 1. The van der Waals surface area contributed by atoms with Gasteiger partial charge in [-0.2, -0.15) is 0 Å². The Morgan fingerprint density at radius 1 is 1.22 bits per heavy atom. The molecule has 1 amide bonds. The van der Waals surface area contributed by atoms with E-state index in [2.05, 4.69) is 22.4 Å². The lowest BCUT2D eigenvalue weighted by atomic mass is 9.65. The van der Waals surface area contributed by atoms with Crippen LogP contribution in [0.3, 0.4) is 0 Å². The zero-order chi connectivity index (χ0) is 15.1. The van der Waals surface area contributed by atoms with Crippen LogP contribution in [-0.2, 0) is 11.3 Å². The van der Waals surface area contributed by atoms with Gasteiger partial charge in [-0.1, -0.05) is 12.5 Å². The number of nitrogens with zero attached hydrogens (tertiary/aromatic N) is 1. The maximum atomic E-state index is 13.1. The first kappa shape index (κ1) is 17.2. The molecule has 3 aliphatic rings. The summed E-state index contributed by atoms with van der Waals surface area (Å²) in [4.78, 5) is 16.6. The third-order valence-electron chi connectivity index (χ3n) is 5.94. The van der Waals surface area contributed by atoms with Crippen LogP contribution in [0.4, 0.5) is 0 Å². The molecule has 3 aliphatic carbocycles. The fourth-order valence-corrected chi connectivity index (χ4v) is 5.27. The average Bonchev–Trinajstić information content (AvgIpc) is 3.20. The fraction of sp³-hybridized carbons (Fsp3) is 0.722. The van der Waals surface area contributed by atoms with Crippen LogP contribution in [0.2, 0.25) is 0 Å². The molecule has 0 aromatic carbocycles. The average molecular weight is 355 g/mol. The smallest absolute Gasteiger partial charge is 0.226 e. The molecule has 3 saturated carbocycles. The number of hydrogen-bond acceptors (Lipinski definition) is 3. The van der Waals surface area contributed by atoms with E-state index in [4.69, 9.17) is 5.73 Å². The van der Waals surface area contributed by atoms with Gasteiger partial charge in [-0.3, -0.25) is 4.79 Å². The van der Waals surface area contributed by atoms with Gasteiger partial charge in [-0.15, -0.1) is 23.7 Å². The van der Waals surface area contributed by atoms with Gasteiger partial charge in [0.05, 0.1) is 6.54 Å². The van der Waals surface area contributed by atoms with Crippen molar-refractivity contribution < 1.29 is 4.79 Å². The minimum Gasteiger partial charge on any atom is -0.334 e. The van der Waals surface area contributed by atoms with Gasteiger partial charge in [0.15, 0.2) is 0 Å². The van der Waals surface area contributed by atoms with Crippen molar-refractivity contribution in [1.29, 1.82) is 0 Å². The van der Waals surface area contributed by atoms with Gasteiger partial charge in [-0.05, 0) is 61.8 Å². The normalized spacial score (nSPS) is 32.9. The van der Waals surface area contributed by atoms with E-state index in [1.165, 1.54) is 37.0 Å². The van der Waals surface area contributed by atoms with Crippen LogP contribution in [0.1, 0.15) is 49.8 Å². The van der Waals surface area contributed by atoms with Gasteiger partial charge in [-0.25, -0.2) is 0 Å². The number of rotatable bonds is 4. The summed E-state index contributed by atoms with van der Waals surface area (Å²) in [5.74, 6) is 1.82. The van der Waals surface area contributed by atoms with E-state index in [9.17, 15) is 4.79 Å². The maximum absolute atomic E-state index is 13.1. The number of fused-ring (bicyclic) bond motifs is 2. The lowest BCUT2D eigenvalue weighted by molar-refractivity contribution is -0.139. The molecule has 2 unspecified atom stereocenters.